The van der Waals surface area contributed by atoms with Crippen molar-refractivity contribution in [2.75, 3.05) is 23.0 Å². The van der Waals surface area contributed by atoms with Gasteiger partial charge in [-0.3, -0.25) is 14.4 Å². The van der Waals surface area contributed by atoms with Gasteiger partial charge in [-0.25, -0.2) is 0 Å². The van der Waals surface area contributed by atoms with Crippen LogP contribution in [0.15, 0.2) is 114 Å². The van der Waals surface area contributed by atoms with Crippen LogP contribution in [0.4, 0.5) is 11.4 Å². The van der Waals surface area contributed by atoms with E-state index in [2.05, 4.69) is 22.9 Å². The lowest BCUT2D eigenvalue weighted by Crippen LogP contribution is -2.30. The lowest BCUT2D eigenvalue weighted by molar-refractivity contribution is -0.114. The van der Waals surface area contributed by atoms with E-state index in [9.17, 15) is 14.4 Å². The second-order valence-electron chi connectivity index (χ2n) is 9.47. The van der Waals surface area contributed by atoms with Gasteiger partial charge in [0.05, 0.1) is 12.4 Å². The molecule has 0 saturated carbocycles. The molecule has 0 saturated heterocycles. The summed E-state index contributed by atoms with van der Waals surface area (Å²) in [4.78, 5) is 39.4. The third-order valence-corrected chi connectivity index (χ3v) is 7.32. The largest absolute Gasteiger partial charge is 0.494 e. The molecular weight excluding hydrogens is 582 g/mol. The summed E-state index contributed by atoms with van der Waals surface area (Å²) in [7, 11) is 0. The minimum absolute atomic E-state index is 0.0618. The van der Waals surface area contributed by atoms with Crippen LogP contribution in [0.3, 0.4) is 0 Å². The number of rotatable bonds is 13. The SMILES string of the molecule is CCCCOc1ccc(NC(=O)CSc2ccc(NC(=O)/C(=C/c3cccc(Cl)c3)NC(=O)c3ccccc3)cc2)cc1. The summed E-state index contributed by atoms with van der Waals surface area (Å²) in [6.07, 6.45) is 3.64. The van der Waals surface area contributed by atoms with Gasteiger partial charge in [0.15, 0.2) is 0 Å². The zero-order chi connectivity index (χ0) is 30.4. The number of unbranched alkanes of at least 4 members (excludes halogenated alkanes) is 1. The molecule has 4 rings (SSSR count). The molecular formula is C34H32ClN3O4S. The molecule has 0 atom stereocenters. The Morgan fingerprint density at radius 2 is 1.53 bits per heavy atom. The highest BCUT2D eigenvalue weighted by Crippen LogP contribution is 2.22. The highest BCUT2D eigenvalue weighted by atomic mass is 35.5. The van der Waals surface area contributed by atoms with Gasteiger partial charge in [0.2, 0.25) is 5.91 Å². The Labute approximate surface area is 260 Å². The molecule has 220 valence electrons. The van der Waals surface area contributed by atoms with Crippen LogP contribution < -0.4 is 20.7 Å². The third kappa shape index (κ3) is 10.4. The van der Waals surface area contributed by atoms with E-state index in [1.54, 1.807) is 66.7 Å². The van der Waals surface area contributed by atoms with E-state index in [1.165, 1.54) is 11.8 Å². The molecule has 0 aliphatic rings. The Hall–Kier alpha value is -4.53. The van der Waals surface area contributed by atoms with Crippen molar-refractivity contribution >= 4 is 58.5 Å². The monoisotopic (exact) mass is 613 g/mol. The molecule has 0 bridgehead atoms. The minimum atomic E-state index is -0.495. The zero-order valence-corrected chi connectivity index (χ0v) is 25.2. The number of nitrogens with one attached hydrogen (secondary N) is 3. The predicted octanol–water partition coefficient (Wildman–Crippen LogP) is 7.66. The Morgan fingerprint density at radius 3 is 2.23 bits per heavy atom. The molecule has 0 heterocycles. The maximum absolute atomic E-state index is 13.2. The van der Waals surface area contributed by atoms with Crippen molar-refractivity contribution < 1.29 is 19.1 Å². The number of benzene rings is 4. The molecule has 0 spiro atoms. The van der Waals surface area contributed by atoms with Crippen molar-refractivity contribution in [3.8, 4) is 5.75 Å². The van der Waals surface area contributed by atoms with Crippen LogP contribution in [0, 0.1) is 0 Å². The first-order valence-corrected chi connectivity index (χ1v) is 15.2. The smallest absolute Gasteiger partial charge is 0.272 e. The Balaban J connectivity index is 1.33. The fraction of sp³-hybridized carbons (Fsp3) is 0.147. The fourth-order valence-electron chi connectivity index (χ4n) is 3.85. The molecule has 0 radical (unpaired) electrons. The highest BCUT2D eigenvalue weighted by Gasteiger charge is 2.15. The van der Waals surface area contributed by atoms with E-state index < -0.39 is 11.8 Å². The highest BCUT2D eigenvalue weighted by molar-refractivity contribution is 8.00. The first-order chi connectivity index (χ1) is 20.9. The normalized spacial score (nSPS) is 11.0. The molecule has 3 amide bonds. The topological polar surface area (TPSA) is 96.5 Å². The maximum Gasteiger partial charge on any atom is 0.272 e. The van der Waals surface area contributed by atoms with E-state index in [0.29, 0.717) is 34.1 Å². The maximum atomic E-state index is 13.2. The lowest BCUT2D eigenvalue weighted by atomic mass is 10.1. The van der Waals surface area contributed by atoms with E-state index in [1.807, 2.05) is 42.5 Å². The van der Waals surface area contributed by atoms with Gasteiger partial charge in [-0.2, -0.15) is 0 Å². The second-order valence-corrected chi connectivity index (χ2v) is 11.0. The molecule has 0 unspecified atom stereocenters. The zero-order valence-electron chi connectivity index (χ0n) is 23.6. The van der Waals surface area contributed by atoms with E-state index in [4.69, 9.17) is 16.3 Å². The number of amides is 3. The molecule has 0 aliphatic heterocycles. The van der Waals surface area contributed by atoms with Crippen molar-refractivity contribution in [1.82, 2.24) is 5.32 Å². The molecule has 4 aromatic carbocycles. The standard InChI is InChI=1S/C34H32ClN3O4S/c1-2-3-20-42-29-16-12-27(13-17-29)36-32(39)23-43-30-18-14-28(15-19-30)37-34(41)31(22-24-8-7-11-26(35)21-24)38-33(40)25-9-5-4-6-10-25/h4-19,21-22H,2-3,20,23H2,1H3,(H,36,39)(H,37,41)(H,38,40)/b31-22-. The second kappa shape index (κ2) is 16.2. The van der Waals surface area contributed by atoms with Crippen molar-refractivity contribution in [2.45, 2.75) is 24.7 Å². The number of carbonyl (C=O) groups is 3. The summed E-state index contributed by atoms with van der Waals surface area (Å²) in [5, 5.41) is 8.93. The number of hydrogen-bond acceptors (Lipinski definition) is 5. The Morgan fingerprint density at radius 1 is 0.837 bits per heavy atom. The first-order valence-electron chi connectivity index (χ1n) is 13.8. The van der Waals surface area contributed by atoms with Crippen LogP contribution in [-0.4, -0.2) is 30.1 Å². The Bertz CT molecular complexity index is 1560. The van der Waals surface area contributed by atoms with Gasteiger partial charge < -0.3 is 20.7 Å². The van der Waals surface area contributed by atoms with Gasteiger partial charge in [0.25, 0.3) is 11.8 Å². The van der Waals surface area contributed by atoms with Gasteiger partial charge >= 0.3 is 0 Å². The molecule has 9 heteroatoms. The summed E-state index contributed by atoms with van der Waals surface area (Å²) >= 11 is 7.49. The number of halogens is 1. The number of thioether (sulfide) groups is 1. The van der Waals surface area contributed by atoms with Crippen LogP contribution in [0.2, 0.25) is 5.02 Å². The van der Waals surface area contributed by atoms with Gasteiger partial charge in [-0.1, -0.05) is 55.3 Å². The molecule has 0 aliphatic carbocycles. The van der Waals surface area contributed by atoms with Crippen molar-refractivity contribution in [3.63, 3.8) is 0 Å². The Kier molecular flexibility index (Phi) is 11.8. The number of ether oxygens (including phenoxy) is 1. The van der Waals surface area contributed by atoms with Crippen molar-refractivity contribution in [3.05, 3.63) is 125 Å². The van der Waals surface area contributed by atoms with Crippen molar-refractivity contribution in [1.29, 1.82) is 0 Å². The summed E-state index contributed by atoms with van der Waals surface area (Å²) in [6, 6.07) is 30.1. The lowest BCUT2D eigenvalue weighted by Gasteiger charge is -2.12. The molecule has 43 heavy (non-hydrogen) atoms. The average molecular weight is 614 g/mol. The quantitative estimate of drug-likeness (QED) is 0.0817. The van der Waals surface area contributed by atoms with Crippen LogP contribution in [0.25, 0.3) is 6.08 Å². The van der Waals surface area contributed by atoms with Gasteiger partial charge in [-0.05, 0) is 90.9 Å². The summed E-state index contributed by atoms with van der Waals surface area (Å²) in [6.45, 7) is 2.79. The predicted molar refractivity (Wildman–Crippen MR) is 175 cm³/mol. The van der Waals surface area contributed by atoms with Gasteiger partial charge in [0, 0.05) is 26.9 Å². The third-order valence-electron chi connectivity index (χ3n) is 6.08. The summed E-state index contributed by atoms with van der Waals surface area (Å²) < 4.78 is 5.66. The summed E-state index contributed by atoms with van der Waals surface area (Å²) in [5.74, 6) is -0.0415. The average Bonchev–Trinajstić information content (AvgIpc) is 3.02. The molecule has 0 aromatic heterocycles. The van der Waals surface area contributed by atoms with E-state index in [-0.39, 0.29) is 17.4 Å². The van der Waals surface area contributed by atoms with Crippen molar-refractivity contribution in [2.24, 2.45) is 0 Å². The molecule has 0 fully saturated rings. The fourth-order valence-corrected chi connectivity index (χ4v) is 4.75. The van der Waals surface area contributed by atoms with Gasteiger partial charge in [0.1, 0.15) is 11.4 Å². The minimum Gasteiger partial charge on any atom is -0.494 e. The molecule has 7 nitrogen and oxygen atoms in total. The number of anilines is 2. The van der Waals surface area contributed by atoms with Crippen LogP contribution in [-0.2, 0) is 9.59 Å². The van der Waals surface area contributed by atoms with Crippen LogP contribution in [0.5, 0.6) is 5.75 Å². The van der Waals surface area contributed by atoms with Gasteiger partial charge in [-0.15, -0.1) is 11.8 Å². The van der Waals surface area contributed by atoms with E-state index >= 15 is 0 Å². The first kappa shape index (κ1) is 31.4. The molecule has 3 N–H and O–H groups in total. The van der Waals surface area contributed by atoms with Crippen LogP contribution >= 0.6 is 23.4 Å². The molecule has 4 aromatic rings. The van der Waals surface area contributed by atoms with E-state index in [0.717, 1.165) is 23.5 Å². The number of hydrogen-bond donors (Lipinski definition) is 3. The number of carbonyl (C=O) groups excluding carboxylic acids is 3. The van der Waals surface area contributed by atoms with Crippen LogP contribution in [0.1, 0.15) is 35.7 Å². The summed E-state index contributed by atoms with van der Waals surface area (Å²) in [5.41, 5.74) is 2.38.